The Balaban J connectivity index is 1.79. The molecule has 15 heavy (non-hydrogen) atoms. The lowest BCUT2D eigenvalue weighted by Crippen LogP contribution is -2.04. The second-order valence-corrected chi connectivity index (χ2v) is 3.29. The summed E-state index contributed by atoms with van der Waals surface area (Å²) in [6.07, 6.45) is 0.286. The van der Waals surface area contributed by atoms with Gasteiger partial charge in [0.25, 0.3) is 0 Å². The fourth-order valence-electron chi connectivity index (χ4n) is 1.11. The van der Waals surface area contributed by atoms with Gasteiger partial charge in [-0.05, 0) is 24.3 Å². The van der Waals surface area contributed by atoms with Gasteiger partial charge < -0.3 is 18.9 Å². The van der Waals surface area contributed by atoms with Crippen molar-refractivity contribution in [2.24, 2.45) is 0 Å². The summed E-state index contributed by atoms with van der Waals surface area (Å²) < 4.78 is 20.6. The Kier molecular flexibility index (Phi) is 3.42. The highest BCUT2D eigenvalue weighted by Gasteiger charge is 2.22. The van der Waals surface area contributed by atoms with Gasteiger partial charge in [-0.15, -0.1) is 0 Å². The third-order valence-corrected chi connectivity index (χ3v) is 2.01. The standard InChI is InChI=1S/C11H14O4/c1-12-8-15-10-4-2-9(3-5-10)13-6-11-7-14-11/h2-5,11H,6-8H2,1H3/t11-/m0/s1. The van der Waals surface area contributed by atoms with Crippen LogP contribution in [0.5, 0.6) is 11.5 Å². The first-order valence-corrected chi connectivity index (χ1v) is 4.84. The van der Waals surface area contributed by atoms with E-state index in [9.17, 15) is 0 Å². The first-order chi connectivity index (χ1) is 7.38. The van der Waals surface area contributed by atoms with Crippen molar-refractivity contribution < 1.29 is 18.9 Å². The Labute approximate surface area is 88.7 Å². The Morgan fingerprint density at radius 1 is 1.20 bits per heavy atom. The zero-order valence-corrected chi connectivity index (χ0v) is 8.64. The summed E-state index contributed by atoms with van der Waals surface area (Å²) in [6.45, 7) is 1.70. The Bertz CT molecular complexity index is 292. The number of benzene rings is 1. The van der Waals surface area contributed by atoms with Gasteiger partial charge in [0.2, 0.25) is 0 Å². The topological polar surface area (TPSA) is 40.2 Å². The molecule has 1 aromatic rings. The third kappa shape index (κ3) is 3.42. The van der Waals surface area contributed by atoms with Crippen LogP contribution in [0.4, 0.5) is 0 Å². The molecule has 0 aromatic heterocycles. The molecule has 0 radical (unpaired) electrons. The van der Waals surface area contributed by atoms with E-state index < -0.39 is 0 Å². The van der Waals surface area contributed by atoms with Gasteiger partial charge in [0.15, 0.2) is 6.79 Å². The van der Waals surface area contributed by atoms with E-state index in [1.165, 1.54) is 0 Å². The third-order valence-electron chi connectivity index (χ3n) is 2.01. The van der Waals surface area contributed by atoms with Crippen molar-refractivity contribution in [1.82, 2.24) is 0 Å². The van der Waals surface area contributed by atoms with E-state index in [1.54, 1.807) is 7.11 Å². The second-order valence-electron chi connectivity index (χ2n) is 3.29. The van der Waals surface area contributed by atoms with Crippen molar-refractivity contribution in [3.8, 4) is 11.5 Å². The molecule has 2 rings (SSSR count). The van der Waals surface area contributed by atoms with E-state index in [0.29, 0.717) is 6.61 Å². The van der Waals surface area contributed by atoms with E-state index in [4.69, 9.17) is 18.9 Å². The molecule has 1 saturated heterocycles. The largest absolute Gasteiger partial charge is 0.491 e. The van der Waals surface area contributed by atoms with E-state index >= 15 is 0 Å². The average Bonchev–Trinajstić information content (AvgIpc) is 3.09. The van der Waals surface area contributed by atoms with Crippen LogP contribution >= 0.6 is 0 Å². The molecule has 1 aromatic carbocycles. The summed E-state index contributed by atoms with van der Waals surface area (Å²) in [6, 6.07) is 7.44. The highest BCUT2D eigenvalue weighted by atomic mass is 16.7. The van der Waals surface area contributed by atoms with Gasteiger partial charge in [0, 0.05) is 7.11 Å². The molecule has 82 valence electrons. The molecule has 0 saturated carbocycles. The van der Waals surface area contributed by atoms with E-state index in [0.717, 1.165) is 18.1 Å². The first kappa shape index (κ1) is 10.3. The van der Waals surface area contributed by atoms with E-state index in [-0.39, 0.29) is 12.9 Å². The van der Waals surface area contributed by atoms with Crippen LogP contribution in [0.3, 0.4) is 0 Å². The second kappa shape index (κ2) is 5.00. The quantitative estimate of drug-likeness (QED) is 0.526. The van der Waals surface area contributed by atoms with E-state index in [2.05, 4.69) is 0 Å². The highest BCUT2D eigenvalue weighted by Crippen LogP contribution is 2.19. The number of epoxide rings is 1. The highest BCUT2D eigenvalue weighted by molar-refractivity contribution is 5.31. The molecule has 0 spiro atoms. The van der Waals surface area contributed by atoms with Crippen molar-refractivity contribution in [1.29, 1.82) is 0 Å². The summed E-state index contributed by atoms with van der Waals surface area (Å²) >= 11 is 0. The number of methoxy groups -OCH3 is 1. The zero-order chi connectivity index (χ0) is 10.5. The van der Waals surface area contributed by atoms with Crippen LogP contribution in [-0.2, 0) is 9.47 Å². The molecule has 0 aliphatic carbocycles. The molecule has 1 aliphatic heterocycles. The maximum atomic E-state index is 5.48. The lowest BCUT2D eigenvalue weighted by atomic mass is 10.3. The minimum atomic E-state index is 0.260. The molecule has 0 bridgehead atoms. The molecule has 1 aliphatic rings. The van der Waals surface area contributed by atoms with Crippen molar-refractivity contribution in [3.05, 3.63) is 24.3 Å². The Hall–Kier alpha value is -1.26. The molecule has 4 nitrogen and oxygen atoms in total. The average molecular weight is 210 g/mol. The van der Waals surface area contributed by atoms with Gasteiger partial charge >= 0.3 is 0 Å². The van der Waals surface area contributed by atoms with Crippen molar-refractivity contribution in [2.45, 2.75) is 6.10 Å². The lowest BCUT2D eigenvalue weighted by Gasteiger charge is -2.06. The normalized spacial score (nSPS) is 18.6. The maximum absolute atomic E-state index is 5.48. The molecule has 1 atom stereocenters. The van der Waals surface area contributed by atoms with Gasteiger partial charge in [-0.3, -0.25) is 0 Å². The van der Waals surface area contributed by atoms with Crippen molar-refractivity contribution >= 4 is 0 Å². The number of hydrogen-bond acceptors (Lipinski definition) is 4. The van der Waals surface area contributed by atoms with Crippen LogP contribution in [0.15, 0.2) is 24.3 Å². The Morgan fingerprint density at radius 3 is 2.33 bits per heavy atom. The fraction of sp³-hybridized carbons (Fsp3) is 0.455. The van der Waals surface area contributed by atoms with Gasteiger partial charge in [-0.2, -0.15) is 0 Å². The monoisotopic (exact) mass is 210 g/mol. The zero-order valence-electron chi connectivity index (χ0n) is 8.64. The van der Waals surface area contributed by atoms with Crippen LogP contribution in [0.1, 0.15) is 0 Å². The minimum absolute atomic E-state index is 0.260. The molecule has 0 amide bonds. The number of rotatable bonds is 6. The molecular formula is C11H14O4. The predicted octanol–water partition coefficient (Wildman–Crippen LogP) is 1.45. The smallest absolute Gasteiger partial charge is 0.188 e. The molecular weight excluding hydrogens is 196 g/mol. The maximum Gasteiger partial charge on any atom is 0.188 e. The number of hydrogen-bond donors (Lipinski definition) is 0. The predicted molar refractivity (Wildman–Crippen MR) is 54.2 cm³/mol. The van der Waals surface area contributed by atoms with Crippen molar-refractivity contribution in [3.63, 3.8) is 0 Å². The lowest BCUT2D eigenvalue weighted by molar-refractivity contribution is 0.0511. The number of ether oxygens (including phenoxy) is 4. The van der Waals surface area contributed by atoms with Gasteiger partial charge in [-0.1, -0.05) is 0 Å². The van der Waals surface area contributed by atoms with Gasteiger partial charge in [0.05, 0.1) is 6.61 Å². The van der Waals surface area contributed by atoms with Gasteiger partial charge in [0.1, 0.15) is 24.2 Å². The van der Waals surface area contributed by atoms with Crippen LogP contribution in [-0.4, -0.2) is 33.2 Å². The summed E-state index contributed by atoms with van der Waals surface area (Å²) in [4.78, 5) is 0. The van der Waals surface area contributed by atoms with Crippen LogP contribution in [0.25, 0.3) is 0 Å². The Morgan fingerprint density at radius 2 is 1.80 bits per heavy atom. The SMILES string of the molecule is COCOc1ccc(OC[C@H]2CO2)cc1. The molecule has 4 heteroatoms. The summed E-state index contributed by atoms with van der Waals surface area (Å²) in [7, 11) is 1.59. The van der Waals surface area contributed by atoms with Gasteiger partial charge in [-0.25, -0.2) is 0 Å². The molecule has 0 N–H and O–H groups in total. The van der Waals surface area contributed by atoms with E-state index in [1.807, 2.05) is 24.3 Å². The van der Waals surface area contributed by atoms with Crippen LogP contribution in [0, 0.1) is 0 Å². The minimum Gasteiger partial charge on any atom is -0.491 e. The summed E-state index contributed by atoms with van der Waals surface area (Å²) in [5, 5.41) is 0. The fourth-order valence-corrected chi connectivity index (χ4v) is 1.11. The first-order valence-electron chi connectivity index (χ1n) is 4.84. The van der Waals surface area contributed by atoms with Crippen molar-refractivity contribution in [2.75, 3.05) is 27.1 Å². The molecule has 1 fully saturated rings. The molecule has 1 heterocycles. The van der Waals surface area contributed by atoms with Crippen LogP contribution in [0.2, 0.25) is 0 Å². The summed E-state index contributed by atoms with van der Waals surface area (Å²) in [5.74, 6) is 1.60. The summed E-state index contributed by atoms with van der Waals surface area (Å²) in [5.41, 5.74) is 0. The molecule has 0 unspecified atom stereocenters. The van der Waals surface area contributed by atoms with Crippen LogP contribution < -0.4 is 9.47 Å².